The van der Waals surface area contributed by atoms with Crippen LogP contribution in [0.25, 0.3) is 0 Å². The molecule has 0 aromatic heterocycles. The Kier molecular flexibility index (Phi) is 2.75. The molecule has 0 bridgehead atoms. The molecule has 1 saturated carbocycles. The van der Waals surface area contributed by atoms with Gasteiger partial charge in [-0.15, -0.1) is 0 Å². The molecule has 0 amide bonds. The Hall–Kier alpha value is -0.610. The molecular formula is C12H22N2O2. The highest BCUT2D eigenvalue weighted by molar-refractivity contribution is 5.81. The summed E-state index contributed by atoms with van der Waals surface area (Å²) in [7, 11) is 0. The van der Waals surface area contributed by atoms with Crippen molar-refractivity contribution in [1.29, 1.82) is 0 Å². The minimum Gasteiger partial charge on any atom is -0.459 e. The van der Waals surface area contributed by atoms with Gasteiger partial charge in [-0.1, -0.05) is 0 Å². The van der Waals surface area contributed by atoms with Gasteiger partial charge in [0.05, 0.1) is 0 Å². The highest BCUT2D eigenvalue weighted by Crippen LogP contribution is 2.40. The second-order valence-electron chi connectivity index (χ2n) is 6.24. The number of ether oxygens (including phenoxy) is 1. The van der Waals surface area contributed by atoms with Crippen molar-refractivity contribution in [2.24, 2.45) is 17.6 Å². The molecule has 2 fully saturated rings. The predicted molar refractivity (Wildman–Crippen MR) is 61.8 cm³/mol. The van der Waals surface area contributed by atoms with Crippen LogP contribution in [-0.4, -0.2) is 30.2 Å². The average molecular weight is 226 g/mol. The first kappa shape index (κ1) is 11.9. The molecule has 3 N–H and O–H groups in total. The van der Waals surface area contributed by atoms with Crippen molar-refractivity contribution >= 4 is 5.97 Å². The molecule has 16 heavy (non-hydrogen) atoms. The molecule has 1 heterocycles. The van der Waals surface area contributed by atoms with Gasteiger partial charge in [0.15, 0.2) is 0 Å². The molecule has 4 heteroatoms. The van der Waals surface area contributed by atoms with E-state index in [1.807, 2.05) is 20.8 Å². The number of esters is 1. The van der Waals surface area contributed by atoms with Gasteiger partial charge in [0.2, 0.25) is 0 Å². The van der Waals surface area contributed by atoms with Crippen LogP contribution in [0.2, 0.25) is 0 Å². The summed E-state index contributed by atoms with van der Waals surface area (Å²) in [5.41, 5.74) is 5.01. The van der Waals surface area contributed by atoms with Crippen molar-refractivity contribution in [3.8, 4) is 0 Å². The second kappa shape index (κ2) is 3.70. The fraction of sp³-hybridized carbons (Fsp3) is 0.917. The number of carbonyl (C=O) groups is 1. The van der Waals surface area contributed by atoms with Gasteiger partial charge in [0.25, 0.3) is 0 Å². The lowest BCUT2D eigenvalue weighted by Crippen LogP contribution is -2.50. The molecule has 2 rings (SSSR count). The standard InChI is InChI=1S/C12H22N2O2/c1-11(2,3)16-10(15)12(13)4-8-6-14-7-9(8)5-12/h8-9,14H,4-7,13H2,1-3H3/t8-,9+,12?. The van der Waals surface area contributed by atoms with Crippen LogP contribution in [0.4, 0.5) is 0 Å². The first-order valence-electron chi connectivity index (χ1n) is 6.03. The number of fused-ring (bicyclic) bond motifs is 1. The minimum atomic E-state index is -0.745. The number of hydrogen-bond acceptors (Lipinski definition) is 4. The molecule has 0 aromatic rings. The maximum Gasteiger partial charge on any atom is 0.326 e. The van der Waals surface area contributed by atoms with E-state index in [1.54, 1.807) is 0 Å². The maximum absolute atomic E-state index is 12.0. The third kappa shape index (κ3) is 2.23. The maximum atomic E-state index is 12.0. The first-order chi connectivity index (χ1) is 7.30. The molecule has 2 aliphatic rings. The summed E-state index contributed by atoms with van der Waals surface area (Å²) in [6.07, 6.45) is 1.53. The zero-order chi connectivity index (χ0) is 12.0. The summed E-state index contributed by atoms with van der Waals surface area (Å²) in [6, 6.07) is 0. The summed E-state index contributed by atoms with van der Waals surface area (Å²) in [5.74, 6) is 0.879. The fourth-order valence-corrected chi connectivity index (χ4v) is 2.83. The molecular weight excluding hydrogens is 204 g/mol. The zero-order valence-electron chi connectivity index (χ0n) is 10.4. The Bertz CT molecular complexity index is 284. The van der Waals surface area contributed by atoms with Crippen LogP contribution in [0.5, 0.6) is 0 Å². The van der Waals surface area contributed by atoms with Crippen molar-refractivity contribution in [3.05, 3.63) is 0 Å². The first-order valence-corrected chi connectivity index (χ1v) is 6.03. The predicted octanol–water partition coefficient (Wildman–Crippen LogP) is 0.655. The molecule has 1 saturated heterocycles. The Morgan fingerprint density at radius 1 is 1.31 bits per heavy atom. The molecule has 0 aromatic carbocycles. The van der Waals surface area contributed by atoms with Crippen LogP contribution >= 0.6 is 0 Å². The lowest BCUT2D eigenvalue weighted by Gasteiger charge is -2.28. The molecule has 4 nitrogen and oxygen atoms in total. The summed E-state index contributed by atoms with van der Waals surface area (Å²) >= 11 is 0. The minimum absolute atomic E-state index is 0.227. The summed E-state index contributed by atoms with van der Waals surface area (Å²) < 4.78 is 5.41. The second-order valence-corrected chi connectivity index (χ2v) is 6.24. The molecule has 0 radical (unpaired) electrons. The van der Waals surface area contributed by atoms with Crippen LogP contribution in [0.15, 0.2) is 0 Å². The SMILES string of the molecule is CC(C)(C)OC(=O)C1(N)C[C@H]2CNC[C@H]2C1. The number of rotatable bonds is 1. The van der Waals surface area contributed by atoms with E-state index in [1.165, 1.54) is 0 Å². The van der Waals surface area contributed by atoms with E-state index in [9.17, 15) is 4.79 Å². The van der Waals surface area contributed by atoms with Gasteiger partial charge in [-0.2, -0.15) is 0 Å². The van der Waals surface area contributed by atoms with Crippen LogP contribution < -0.4 is 11.1 Å². The Morgan fingerprint density at radius 2 is 1.81 bits per heavy atom. The number of nitrogens with two attached hydrogens (primary N) is 1. The van der Waals surface area contributed by atoms with Gasteiger partial charge < -0.3 is 15.8 Å². The van der Waals surface area contributed by atoms with Crippen molar-refractivity contribution in [2.45, 2.75) is 44.8 Å². The van der Waals surface area contributed by atoms with Crippen LogP contribution in [0.1, 0.15) is 33.6 Å². The Morgan fingerprint density at radius 3 is 2.25 bits per heavy atom. The van der Waals surface area contributed by atoms with E-state index in [0.717, 1.165) is 25.9 Å². The van der Waals surface area contributed by atoms with Crippen molar-refractivity contribution in [2.75, 3.05) is 13.1 Å². The largest absolute Gasteiger partial charge is 0.459 e. The zero-order valence-corrected chi connectivity index (χ0v) is 10.4. The monoisotopic (exact) mass is 226 g/mol. The van der Waals surface area contributed by atoms with Crippen molar-refractivity contribution < 1.29 is 9.53 Å². The number of hydrogen-bond donors (Lipinski definition) is 2. The smallest absolute Gasteiger partial charge is 0.326 e. The normalized spacial score (nSPS) is 38.5. The highest BCUT2D eigenvalue weighted by atomic mass is 16.6. The topological polar surface area (TPSA) is 64.3 Å². The number of nitrogens with one attached hydrogen (secondary N) is 1. The molecule has 3 atom stereocenters. The summed E-state index contributed by atoms with van der Waals surface area (Å²) in [6.45, 7) is 7.63. The van der Waals surface area contributed by atoms with E-state index in [-0.39, 0.29) is 5.97 Å². The van der Waals surface area contributed by atoms with Gasteiger partial charge in [-0.05, 0) is 58.5 Å². The highest BCUT2D eigenvalue weighted by Gasteiger charge is 2.50. The van der Waals surface area contributed by atoms with Crippen LogP contribution in [-0.2, 0) is 9.53 Å². The quantitative estimate of drug-likeness (QED) is 0.645. The van der Waals surface area contributed by atoms with Gasteiger partial charge >= 0.3 is 5.97 Å². The van der Waals surface area contributed by atoms with E-state index in [2.05, 4.69) is 5.32 Å². The third-order valence-electron chi connectivity index (χ3n) is 3.54. The van der Waals surface area contributed by atoms with Gasteiger partial charge in [-0.25, -0.2) is 0 Å². The molecule has 92 valence electrons. The molecule has 1 unspecified atom stereocenters. The Labute approximate surface area is 96.9 Å². The molecule has 1 aliphatic carbocycles. The molecule has 0 spiro atoms. The van der Waals surface area contributed by atoms with Gasteiger partial charge in [0, 0.05) is 0 Å². The Balaban J connectivity index is 2.01. The van der Waals surface area contributed by atoms with E-state index in [4.69, 9.17) is 10.5 Å². The van der Waals surface area contributed by atoms with E-state index in [0.29, 0.717) is 11.8 Å². The van der Waals surface area contributed by atoms with Crippen LogP contribution in [0, 0.1) is 11.8 Å². The third-order valence-corrected chi connectivity index (χ3v) is 3.54. The van der Waals surface area contributed by atoms with Gasteiger partial charge in [-0.3, -0.25) is 4.79 Å². The summed E-state index contributed by atoms with van der Waals surface area (Å²) in [4.78, 5) is 12.0. The summed E-state index contributed by atoms with van der Waals surface area (Å²) in [5, 5.41) is 3.34. The van der Waals surface area contributed by atoms with E-state index < -0.39 is 11.1 Å². The van der Waals surface area contributed by atoms with Crippen LogP contribution in [0.3, 0.4) is 0 Å². The van der Waals surface area contributed by atoms with Gasteiger partial charge in [0.1, 0.15) is 11.1 Å². The fourth-order valence-electron chi connectivity index (χ4n) is 2.83. The van der Waals surface area contributed by atoms with Crippen molar-refractivity contribution in [1.82, 2.24) is 5.32 Å². The number of carbonyl (C=O) groups excluding carboxylic acids is 1. The average Bonchev–Trinajstić information content (AvgIpc) is 2.58. The van der Waals surface area contributed by atoms with E-state index >= 15 is 0 Å². The lowest BCUT2D eigenvalue weighted by molar-refractivity contribution is -0.161. The molecule has 1 aliphatic heterocycles. The van der Waals surface area contributed by atoms with Crippen molar-refractivity contribution in [3.63, 3.8) is 0 Å². The lowest BCUT2D eigenvalue weighted by atomic mass is 9.96.